The zero-order valence-electron chi connectivity index (χ0n) is 7.99. The first kappa shape index (κ1) is 10.3. The van der Waals surface area contributed by atoms with Crippen molar-refractivity contribution in [1.29, 1.82) is 0 Å². The Kier molecular flexibility index (Phi) is 2.85. The highest BCUT2D eigenvalue weighted by Crippen LogP contribution is 2.20. The lowest BCUT2D eigenvalue weighted by Gasteiger charge is -2.05. The van der Waals surface area contributed by atoms with Crippen molar-refractivity contribution < 1.29 is 14.7 Å². The van der Waals surface area contributed by atoms with Gasteiger partial charge in [-0.05, 0) is 24.5 Å². The van der Waals surface area contributed by atoms with Crippen molar-refractivity contribution in [2.75, 3.05) is 6.26 Å². The average molecular weight is 224 g/mol. The van der Waals surface area contributed by atoms with E-state index in [1.807, 2.05) is 18.4 Å². The third-order valence-electron chi connectivity index (χ3n) is 1.86. The molecule has 0 aromatic carbocycles. The molecule has 0 aliphatic heterocycles. The quantitative estimate of drug-likeness (QED) is 0.583. The molecule has 5 nitrogen and oxygen atoms in total. The van der Waals surface area contributed by atoms with E-state index >= 15 is 0 Å². The number of thioether (sulfide) groups is 1. The molecule has 0 amide bonds. The summed E-state index contributed by atoms with van der Waals surface area (Å²) >= 11 is 1.51. The van der Waals surface area contributed by atoms with Crippen molar-refractivity contribution in [2.24, 2.45) is 0 Å². The highest BCUT2D eigenvalue weighted by Gasteiger charge is 2.14. The molecule has 15 heavy (non-hydrogen) atoms. The Labute approximate surface area is 90.9 Å². The zero-order valence-corrected chi connectivity index (χ0v) is 8.81. The zero-order chi connectivity index (χ0) is 10.8. The Morgan fingerprint density at radius 2 is 2.27 bits per heavy atom. The summed E-state index contributed by atoms with van der Waals surface area (Å²) in [4.78, 5) is 0. The maximum atomic E-state index is 8.72. The van der Waals surface area contributed by atoms with E-state index in [2.05, 4.69) is 5.10 Å². The normalized spacial score (nSPS) is 10.6. The third kappa shape index (κ3) is 2.09. The second-order valence-corrected chi connectivity index (χ2v) is 3.66. The lowest BCUT2D eigenvalue weighted by molar-refractivity contribution is 0.280. The van der Waals surface area contributed by atoms with Gasteiger partial charge in [-0.2, -0.15) is 5.10 Å². The van der Waals surface area contributed by atoms with E-state index < -0.39 is 7.32 Å². The van der Waals surface area contributed by atoms with Crippen LogP contribution in [0.3, 0.4) is 0 Å². The summed E-state index contributed by atoms with van der Waals surface area (Å²) < 4.78 is 6.31. The number of aromatic nitrogens is 2. The van der Waals surface area contributed by atoms with Gasteiger partial charge < -0.3 is 14.7 Å². The van der Waals surface area contributed by atoms with E-state index in [1.54, 1.807) is 12.1 Å². The number of fused-ring (bicyclic) bond motifs is 1. The first-order valence-corrected chi connectivity index (χ1v) is 5.49. The van der Waals surface area contributed by atoms with Crippen LogP contribution in [0.25, 0.3) is 5.52 Å². The summed E-state index contributed by atoms with van der Waals surface area (Å²) in [5.74, 6) is 0.294. The van der Waals surface area contributed by atoms with E-state index in [4.69, 9.17) is 14.7 Å². The summed E-state index contributed by atoms with van der Waals surface area (Å²) in [6, 6.07) is 7.13. The van der Waals surface area contributed by atoms with Crippen LogP contribution in [0.1, 0.15) is 0 Å². The number of pyridine rings is 1. The predicted molar refractivity (Wildman–Crippen MR) is 57.8 cm³/mol. The molecule has 2 rings (SSSR count). The van der Waals surface area contributed by atoms with Gasteiger partial charge in [-0.25, -0.2) is 4.52 Å². The average Bonchev–Trinajstić information content (AvgIpc) is 2.61. The molecule has 0 bridgehead atoms. The van der Waals surface area contributed by atoms with Crippen molar-refractivity contribution in [2.45, 2.75) is 5.03 Å². The van der Waals surface area contributed by atoms with Crippen LogP contribution in [0.2, 0.25) is 0 Å². The molecule has 0 spiro atoms. The van der Waals surface area contributed by atoms with Crippen LogP contribution in [0.4, 0.5) is 0 Å². The van der Waals surface area contributed by atoms with Crippen molar-refractivity contribution in [3.8, 4) is 5.88 Å². The van der Waals surface area contributed by atoms with Crippen LogP contribution in [-0.2, 0) is 0 Å². The fraction of sp³-hybridized carbons (Fsp3) is 0.125. The molecule has 0 aliphatic carbocycles. The van der Waals surface area contributed by atoms with Crippen molar-refractivity contribution in [1.82, 2.24) is 9.61 Å². The Morgan fingerprint density at radius 3 is 2.93 bits per heavy atom. The van der Waals surface area contributed by atoms with Crippen LogP contribution in [-0.4, -0.2) is 33.2 Å². The maximum absolute atomic E-state index is 8.72. The Morgan fingerprint density at radius 1 is 1.47 bits per heavy atom. The van der Waals surface area contributed by atoms with Crippen molar-refractivity contribution in [3.63, 3.8) is 0 Å². The molecule has 2 heterocycles. The molecule has 2 N–H and O–H groups in total. The van der Waals surface area contributed by atoms with Crippen LogP contribution < -0.4 is 4.65 Å². The molecule has 2 aromatic heterocycles. The Hall–Kier alpha value is -1.18. The van der Waals surface area contributed by atoms with Crippen molar-refractivity contribution in [3.05, 3.63) is 24.3 Å². The molecule has 7 heteroatoms. The van der Waals surface area contributed by atoms with E-state index in [9.17, 15) is 0 Å². The first-order chi connectivity index (χ1) is 7.20. The number of rotatable bonds is 3. The predicted octanol–water partition coefficient (Wildman–Crippen LogP) is 0.404. The van der Waals surface area contributed by atoms with Crippen LogP contribution in [0.15, 0.2) is 29.3 Å². The summed E-state index contributed by atoms with van der Waals surface area (Å²) in [7, 11) is -1.84. The second-order valence-electron chi connectivity index (χ2n) is 2.83. The SMILES string of the molecule is CSc1cc2cccc(OB(O)O)n2n1. The topological polar surface area (TPSA) is 67.0 Å². The standard InChI is InChI=1S/C8H9BN2O3S/c1-15-7-5-6-3-2-4-8(11(6)10-7)14-9(12)13/h2-5,12-13H,1H3. The molecule has 0 aliphatic rings. The van der Waals surface area contributed by atoms with E-state index in [1.165, 1.54) is 16.3 Å². The molecule has 0 atom stereocenters. The molecule has 78 valence electrons. The summed E-state index contributed by atoms with van der Waals surface area (Å²) in [5, 5.41) is 22.5. The minimum Gasteiger partial charge on any atom is -0.498 e. The fourth-order valence-electron chi connectivity index (χ4n) is 1.26. The van der Waals surface area contributed by atoms with Gasteiger partial charge in [-0.15, -0.1) is 11.8 Å². The lowest BCUT2D eigenvalue weighted by Crippen LogP contribution is -2.22. The van der Waals surface area contributed by atoms with Crippen LogP contribution >= 0.6 is 11.8 Å². The number of hydrogen-bond donors (Lipinski definition) is 2. The van der Waals surface area contributed by atoms with Gasteiger partial charge in [-0.3, -0.25) is 0 Å². The largest absolute Gasteiger partial charge is 0.708 e. The summed E-state index contributed by atoms with van der Waals surface area (Å²) in [6.07, 6.45) is 1.92. The Balaban J connectivity index is 2.49. The molecule has 2 aromatic rings. The van der Waals surface area contributed by atoms with Gasteiger partial charge in [0.1, 0.15) is 5.03 Å². The smallest absolute Gasteiger partial charge is 0.498 e. The minimum atomic E-state index is -1.84. The van der Waals surface area contributed by atoms with Gasteiger partial charge in [0.05, 0.1) is 5.52 Å². The van der Waals surface area contributed by atoms with E-state index in [0.717, 1.165) is 10.5 Å². The Bertz CT molecular complexity index is 474. The van der Waals surface area contributed by atoms with E-state index in [-0.39, 0.29) is 0 Å². The molecule has 0 saturated carbocycles. The lowest BCUT2D eigenvalue weighted by atomic mass is 10.2. The van der Waals surface area contributed by atoms with Crippen molar-refractivity contribution >= 4 is 24.6 Å². The molecule has 0 radical (unpaired) electrons. The van der Waals surface area contributed by atoms with Gasteiger partial charge in [0.2, 0.25) is 0 Å². The van der Waals surface area contributed by atoms with Crippen LogP contribution in [0.5, 0.6) is 5.88 Å². The molecular weight excluding hydrogens is 215 g/mol. The minimum absolute atomic E-state index is 0.294. The first-order valence-electron chi connectivity index (χ1n) is 4.26. The monoisotopic (exact) mass is 224 g/mol. The maximum Gasteiger partial charge on any atom is 0.708 e. The molecule has 0 saturated heterocycles. The van der Waals surface area contributed by atoms with Gasteiger partial charge >= 0.3 is 7.32 Å². The second kappa shape index (κ2) is 4.14. The fourth-order valence-corrected chi connectivity index (χ4v) is 1.67. The van der Waals surface area contributed by atoms with Gasteiger partial charge in [0.15, 0.2) is 5.88 Å². The summed E-state index contributed by atoms with van der Waals surface area (Å²) in [5.41, 5.74) is 0.845. The van der Waals surface area contributed by atoms with Gasteiger partial charge in [0.25, 0.3) is 0 Å². The summed E-state index contributed by atoms with van der Waals surface area (Å²) in [6.45, 7) is 0. The molecule has 0 unspecified atom stereocenters. The number of nitrogens with zero attached hydrogens (tertiary/aromatic N) is 2. The molecular formula is C8H9BN2O3S. The third-order valence-corrected chi connectivity index (χ3v) is 2.48. The highest BCUT2D eigenvalue weighted by molar-refractivity contribution is 7.98. The molecule has 0 fully saturated rings. The highest BCUT2D eigenvalue weighted by atomic mass is 32.2. The van der Waals surface area contributed by atoms with E-state index in [0.29, 0.717) is 5.88 Å². The van der Waals surface area contributed by atoms with Crippen LogP contribution in [0, 0.1) is 0 Å². The van der Waals surface area contributed by atoms with Gasteiger partial charge in [-0.1, -0.05) is 6.07 Å². The number of hydrogen-bond acceptors (Lipinski definition) is 5. The van der Waals surface area contributed by atoms with Gasteiger partial charge in [0, 0.05) is 0 Å².